The van der Waals surface area contributed by atoms with Crippen molar-refractivity contribution in [3.63, 3.8) is 0 Å². The molecule has 0 saturated heterocycles. The molecule has 0 amide bonds. The van der Waals surface area contributed by atoms with Crippen molar-refractivity contribution in [3.8, 4) is 0 Å². The Balaban J connectivity index is 3.10. The van der Waals surface area contributed by atoms with E-state index in [-0.39, 0.29) is 10.6 Å². The van der Waals surface area contributed by atoms with Crippen LogP contribution >= 0.6 is 27.7 Å². The number of thioether (sulfide) groups is 1. The van der Waals surface area contributed by atoms with Crippen molar-refractivity contribution >= 4 is 33.4 Å². The molecular formula is C8H8BrNO2S. The van der Waals surface area contributed by atoms with Crippen molar-refractivity contribution in [3.05, 3.63) is 32.8 Å². The fourth-order valence-corrected chi connectivity index (χ4v) is 2.23. The lowest BCUT2D eigenvalue weighted by Gasteiger charge is -2.00. The van der Waals surface area contributed by atoms with Gasteiger partial charge in [0, 0.05) is 10.5 Å². The molecule has 0 unspecified atom stereocenters. The van der Waals surface area contributed by atoms with Gasteiger partial charge in [0.2, 0.25) is 0 Å². The quantitative estimate of drug-likeness (QED) is 0.476. The average Bonchev–Trinajstić information content (AvgIpc) is 2.04. The van der Waals surface area contributed by atoms with E-state index in [0.717, 1.165) is 10.2 Å². The van der Waals surface area contributed by atoms with E-state index in [1.807, 2.05) is 6.92 Å². The van der Waals surface area contributed by atoms with Crippen molar-refractivity contribution in [2.24, 2.45) is 0 Å². The van der Waals surface area contributed by atoms with Crippen molar-refractivity contribution < 1.29 is 4.92 Å². The van der Waals surface area contributed by atoms with Crippen LogP contribution in [0.25, 0.3) is 0 Å². The van der Waals surface area contributed by atoms with Crippen LogP contribution < -0.4 is 0 Å². The summed E-state index contributed by atoms with van der Waals surface area (Å²) >= 11 is 4.75. The Hall–Kier alpha value is -0.550. The first kappa shape index (κ1) is 10.5. The van der Waals surface area contributed by atoms with E-state index in [0.29, 0.717) is 4.90 Å². The van der Waals surface area contributed by atoms with Gasteiger partial charge in [0.25, 0.3) is 5.69 Å². The number of nitro benzene ring substituents is 1. The number of hydrogen-bond donors (Lipinski definition) is 0. The first-order valence-corrected chi connectivity index (χ1v) is 5.49. The summed E-state index contributed by atoms with van der Waals surface area (Å²) in [6.07, 6.45) is 0. The molecule has 1 aromatic carbocycles. The molecule has 0 bridgehead atoms. The SMILES string of the molecule is CCSc1cc(Br)ccc1[N+](=O)[O-]. The van der Waals surface area contributed by atoms with Crippen molar-refractivity contribution in [2.45, 2.75) is 11.8 Å². The van der Waals surface area contributed by atoms with E-state index in [4.69, 9.17) is 0 Å². The van der Waals surface area contributed by atoms with E-state index in [1.54, 1.807) is 12.1 Å². The van der Waals surface area contributed by atoms with Gasteiger partial charge < -0.3 is 0 Å². The molecule has 1 rings (SSSR count). The van der Waals surface area contributed by atoms with Crippen LogP contribution in [0.2, 0.25) is 0 Å². The molecule has 1 aromatic rings. The minimum atomic E-state index is -0.357. The number of nitrogens with zero attached hydrogens (tertiary/aromatic N) is 1. The summed E-state index contributed by atoms with van der Waals surface area (Å²) in [4.78, 5) is 10.9. The van der Waals surface area contributed by atoms with E-state index >= 15 is 0 Å². The van der Waals surface area contributed by atoms with E-state index in [9.17, 15) is 10.1 Å². The Labute approximate surface area is 88.8 Å². The van der Waals surface area contributed by atoms with Gasteiger partial charge in [-0.3, -0.25) is 10.1 Å². The first-order valence-electron chi connectivity index (χ1n) is 3.72. The maximum Gasteiger partial charge on any atom is 0.282 e. The Morgan fingerprint density at radius 3 is 2.85 bits per heavy atom. The predicted octanol–water partition coefficient (Wildman–Crippen LogP) is 3.47. The summed E-state index contributed by atoms with van der Waals surface area (Å²) in [7, 11) is 0. The highest BCUT2D eigenvalue weighted by molar-refractivity contribution is 9.10. The maximum atomic E-state index is 10.6. The zero-order valence-corrected chi connectivity index (χ0v) is 9.39. The van der Waals surface area contributed by atoms with Crippen molar-refractivity contribution in [1.29, 1.82) is 0 Å². The lowest BCUT2D eigenvalue weighted by Crippen LogP contribution is -1.90. The minimum absolute atomic E-state index is 0.176. The van der Waals surface area contributed by atoms with Gasteiger partial charge >= 0.3 is 0 Å². The van der Waals surface area contributed by atoms with Crippen LogP contribution in [0.4, 0.5) is 5.69 Å². The van der Waals surface area contributed by atoms with Gasteiger partial charge in [-0.15, -0.1) is 11.8 Å². The average molecular weight is 262 g/mol. The molecule has 0 fully saturated rings. The maximum absolute atomic E-state index is 10.6. The first-order chi connectivity index (χ1) is 6.15. The normalized spacial score (nSPS) is 10.0. The Kier molecular flexibility index (Phi) is 3.74. The molecule has 70 valence electrons. The van der Waals surface area contributed by atoms with E-state index < -0.39 is 0 Å². The zero-order chi connectivity index (χ0) is 9.84. The fraction of sp³-hybridized carbons (Fsp3) is 0.250. The number of benzene rings is 1. The number of nitro groups is 1. The van der Waals surface area contributed by atoms with Gasteiger partial charge in [0.15, 0.2) is 0 Å². The van der Waals surface area contributed by atoms with Crippen LogP contribution in [0.15, 0.2) is 27.6 Å². The highest BCUT2D eigenvalue weighted by Gasteiger charge is 2.12. The molecule has 0 heterocycles. The molecule has 0 aromatic heterocycles. The van der Waals surface area contributed by atoms with Gasteiger partial charge in [-0.05, 0) is 17.9 Å². The zero-order valence-electron chi connectivity index (χ0n) is 6.99. The highest BCUT2D eigenvalue weighted by atomic mass is 79.9. The molecule has 0 atom stereocenters. The van der Waals surface area contributed by atoms with Crippen molar-refractivity contribution in [2.75, 3.05) is 5.75 Å². The Morgan fingerprint density at radius 1 is 1.62 bits per heavy atom. The van der Waals surface area contributed by atoms with Gasteiger partial charge in [0.1, 0.15) is 0 Å². The third-order valence-corrected chi connectivity index (χ3v) is 2.84. The van der Waals surface area contributed by atoms with Crippen LogP contribution in [0.1, 0.15) is 6.92 Å². The van der Waals surface area contributed by atoms with Gasteiger partial charge in [-0.25, -0.2) is 0 Å². The highest BCUT2D eigenvalue weighted by Crippen LogP contribution is 2.31. The van der Waals surface area contributed by atoms with Crippen LogP contribution in [-0.4, -0.2) is 10.7 Å². The van der Waals surface area contributed by atoms with Crippen LogP contribution in [0.3, 0.4) is 0 Å². The largest absolute Gasteiger partial charge is 0.282 e. The lowest BCUT2D eigenvalue weighted by atomic mass is 10.3. The molecule has 0 spiro atoms. The monoisotopic (exact) mass is 261 g/mol. The Bertz CT molecular complexity index is 330. The second kappa shape index (κ2) is 4.62. The van der Waals surface area contributed by atoms with E-state index in [2.05, 4.69) is 15.9 Å². The van der Waals surface area contributed by atoms with Crippen LogP contribution in [0.5, 0.6) is 0 Å². The molecule has 0 radical (unpaired) electrons. The van der Waals surface area contributed by atoms with Crippen molar-refractivity contribution in [1.82, 2.24) is 0 Å². The summed E-state index contributed by atoms with van der Waals surface area (Å²) in [6, 6.07) is 4.96. The summed E-state index contributed by atoms with van der Waals surface area (Å²) in [5.41, 5.74) is 0.176. The van der Waals surface area contributed by atoms with E-state index in [1.165, 1.54) is 17.8 Å². The van der Waals surface area contributed by atoms with Gasteiger partial charge in [0.05, 0.1) is 9.82 Å². The molecule has 0 aliphatic carbocycles. The molecule has 3 nitrogen and oxygen atoms in total. The van der Waals surface area contributed by atoms with Crippen LogP contribution in [-0.2, 0) is 0 Å². The molecule has 5 heteroatoms. The molecule has 0 N–H and O–H groups in total. The number of hydrogen-bond acceptors (Lipinski definition) is 3. The molecule has 0 aliphatic rings. The van der Waals surface area contributed by atoms with Crippen LogP contribution in [0, 0.1) is 10.1 Å². The third kappa shape index (κ3) is 2.70. The number of rotatable bonds is 3. The smallest absolute Gasteiger partial charge is 0.258 e. The second-order valence-electron chi connectivity index (χ2n) is 2.30. The molecule has 13 heavy (non-hydrogen) atoms. The Morgan fingerprint density at radius 2 is 2.31 bits per heavy atom. The fourth-order valence-electron chi connectivity index (χ4n) is 0.910. The van der Waals surface area contributed by atoms with Gasteiger partial charge in [-0.2, -0.15) is 0 Å². The lowest BCUT2D eigenvalue weighted by molar-refractivity contribution is -0.387. The molecular weight excluding hydrogens is 254 g/mol. The minimum Gasteiger partial charge on any atom is -0.258 e. The summed E-state index contributed by atoms with van der Waals surface area (Å²) in [6.45, 7) is 1.97. The standard InChI is InChI=1S/C8H8BrNO2S/c1-2-13-8-5-6(9)3-4-7(8)10(11)12/h3-5H,2H2,1H3. The molecule has 0 aliphatic heterocycles. The summed E-state index contributed by atoms with van der Waals surface area (Å²) in [5.74, 6) is 0.831. The number of halogens is 1. The second-order valence-corrected chi connectivity index (χ2v) is 4.52. The summed E-state index contributed by atoms with van der Waals surface area (Å²) in [5, 5.41) is 10.6. The molecule has 0 saturated carbocycles. The third-order valence-electron chi connectivity index (χ3n) is 1.42. The topological polar surface area (TPSA) is 43.1 Å². The summed E-state index contributed by atoms with van der Waals surface area (Å²) < 4.78 is 0.869. The van der Waals surface area contributed by atoms with Gasteiger partial charge in [-0.1, -0.05) is 22.9 Å². The predicted molar refractivity (Wildman–Crippen MR) is 57.2 cm³/mol.